The van der Waals surface area contributed by atoms with Gasteiger partial charge in [-0.15, -0.1) is 11.3 Å². The molecule has 0 bridgehead atoms. The lowest BCUT2D eigenvalue weighted by molar-refractivity contribution is 0.502. The molecule has 0 aliphatic heterocycles. The molecule has 0 aliphatic rings. The highest BCUT2D eigenvalue weighted by molar-refractivity contribution is 7.15. The van der Waals surface area contributed by atoms with E-state index in [0.717, 1.165) is 50.3 Å². The van der Waals surface area contributed by atoms with E-state index in [1.165, 1.54) is 23.3 Å². The van der Waals surface area contributed by atoms with Crippen LogP contribution in [0.1, 0.15) is 55.2 Å². The van der Waals surface area contributed by atoms with Crippen molar-refractivity contribution in [3.8, 4) is 10.4 Å². The molecule has 0 spiro atoms. The Morgan fingerprint density at radius 1 is 1.00 bits per heavy atom. The molecule has 0 amide bonds. The third-order valence-corrected chi connectivity index (χ3v) is 9.00. The van der Waals surface area contributed by atoms with Gasteiger partial charge in [-0.05, 0) is 72.4 Å². The van der Waals surface area contributed by atoms with Crippen molar-refractivity contribution in [2.45, 2.75) is 45.7 Å². The van der Waals surface area contributed by atoms with Crippen LogP contribution in [0.3, 0.4) is 0 Å². The monoisotopic (exact) mass is 597 g/mol. The highest BCUT2D eigenvalue weighted by Crippen LogP contribution is 2.33. The van der Waals surface area contributed by atoms with Gasteiger partial charge >= 0.3 is 0 Å². The smallest absolute Gasteiger partial charge is 0.265 e. The van der Waals surface area contributed by atoms with Crippen LogP contribution < -0.4 is 16.6 Å². The fraction of sp³-hybridized carbons (Fsp3) is 0.219. The number of aromatic nitrogens is 5. The Labute approximate surface area is 250 Å². The van der Waals surface area contributed by atoms with Crippen LogP contribution in [-0.2, 0) is 6.54 Å². The average molecular weight is 598 g/mol. The Balaban J connectivity index is 1.35. The first kappa shape index (κ1) is 28.4. The van der Waals surface area contributed by atoms with Crippen molar-refractivity contribution >= 4 is 44.8 Å². The highest BCUT2D eigenvalue weighted by Gasteiger charge is 2.20. The summed E-state index contributed by atoms with van der Waals surface area (Å²) >= 11 is 1.61. The summed E-state index contributed by atoms with van der Waals surface area (Å²) in [5, 5.41) is 4.51. The first-order valence-corrected chi connectivity index (χ1v) is 14.7. The number of rotatable bonds is 8. The van der Waals surface area contributed by atoms with E-state index in [-0.39, 0.29) is 11.5 Å². The van der Waals surface area contributed by atoms with Gasteiger partial charge in [-0.3, -0.25) is 9.36 Å². The molecule has 43 heavy (non-hydrogen) atoms. The standard InChI is InChI=1S/C32H29F2N7OS/c1-4-17(2)23-14-37-31(28-29(23)40-16-41(32(28)42)18(3)19-5-8-24(33)25(34)12-19)36-13-21-7-10-27(43-21)20-6-9-26-22(11-20)30(35)39-15-38-26/h5-12,14-18H,4,13H2,1-3H3,(H,36,37)(H2,35,38,39)/t17?,18-/m0/s1. The van der Waals surface area contributed by atoms with E-state index < -0.39 is 17.7 Å². The number of hydrogen-bond donors (Lipinski definition) is 2. The zero-order valence-electron chi connectivity index (χ0n) is 23.8. The normalized spacial score (nSPS) is 13.0. The van der Waals surface area contributed by atoms with Crippen molar-refractivity contribution in [2.24, 2.45) is 0 Å². The van der Waals surface area contributed by atoms with E-state index in [2.05, 4.69) is 39.1 Å². The van der Waals surface area contributed by atoms with Crippen molar-refractivity contribution < 1.29 is 8.78 Å². The van der Waals surface area contributed by atoms with Gasteiger partial charge in [0.25, 0.3) is 5.56 Å². The van der Waals surface area contributed by atoms with Crippen LogP contribution in [0.15, 0.2) is 72.2 Å². The zero-order chi connectivity index (χ0) is 30.2. The molecule has 3 N–H and O–H groups in total. The van der Waals surface area contributed by atoms with Crippen LogP contribution in [0.4, 0.5) is 20.4 Å². The molecular weight excluding hydrogens is 568 g/mol. The molecule has 0 aliphatic carbocycles. The third kappa shape index (κ3) is 5.32. The Hall–Kier alpha value is -4.77. The van der Waals surface area contributed by atoms with Gasteiger partial charge in [0.2, 0.25) is 0 Å². The van der Waals surface area contributed by atoms with Gasteiger partial charge in [0.15, 0.2) is 11.6 Å². The minimum Gasteiger partial charge on any atom is -0.383 e. The van der Waals surface area contributed by atoms with Crippen LogP contribution in [0.25, 0.3) is 32.2 Å². The molecule has 6 rings (SSSR count). The molecule has 2 aromatic carbocycles. The van der Waals surface area contributed by atoms with E-state index >= 15 is 0 Å². The van der Waals surface area contributed by atoms with Gasteiger partial charge in [0.1, 0.15) is 23.3 Å². The minimum absolute atomic E-state index is 0.136. The summed E-state index contributed by atoms with van der Waals surface area (Å²) in [7, 11) is 0. The van der Waals surface area contributed by atoms with Crippen molar-refractivity contribution in [1.82, 2.24) is 24.5 Å². The molecule has 2 atom stereocenters. The summed E-state index contributed by atoms with van der Waals surface area (Å²) in [6.07, 6.45) is 5.55. The van der Waals surface area contributed by atoms with Gasteiger partial charge in [-0.2, -0.15) is 0 Å². The number of hydrogen-bond acceptors (Lipinski definition) is 8. The molecule has 0 radical (unpaired) electrons. The molecule has 4 heterocycles. The molecule has 1 unspecified atom stereocenters. The third-order valence-electron chi connectivity index (χ3n) is 7.87. The fourth-order valence-electron chi connectivity index (χ4n) is 5.11. The van der Waals surface area contributed by atoms with Crippen LogP contribution in [0.2, 0.25) is 0 Å². The number of benzene rings is 2. The Morgan fingerprint density at radius 3 is 2.63 bits per heavy atom. The van der Waals surface area contributed by atoms with E-state index in [4.69, 9.17) is 5.73 Å². The van der Waals surface area contributed by atoms with Crippen LogP contribution in [0.5, 0.6) is 0 Å². The van der Waals surface area contributed by atoms with Gasteiger partial charge in [0.05, 0.1) is 29.9 Å². The zero-order valence-corrected chi connectivity index (χ0v) is 24.6. The van der Waals surface area contributed by atoms with Gasteiger partial charge < -0.3 is 11.1 Å². The Bertz CT molecular complexity index is 2040. The number of fused-ring (bicyclic) bond motifs is 2. The summed E-state index contributed by atoms with van der Waals surface area (Å²) in [4.78, 5) is 33.8. The summed E-state index contributed by atoms with van der Waals surface area (Å²) < 4.78 is 29.0. The predicted molar refractivity (Wildman–Crippen MR) is 167 cm³/mol. The molecule has 8 nitrogen and oxygen atoms in total. The van der Waals surface area contributed by atoms with Crippen molar-refractivity contribution in [3.05, 3.63) is 105 Å². The lowest BCUT2D eigenvalue weighted by Gasteiger charge is -2.19. The summed E-state index contributed by atoms with van der Waals surface area (Å²) in [6.45, 7) is 6.32. The van der Waals surface area contributed by atoms with Crippen molar-refractivity contribution in [2.75, 3.05) is 11.1 Å². The van der Waals surface area contributed by atoms with E-state index in [1.54, 1.807) is 24.5 Å². The maximum absolute atomic E-state index is 14.0. The Kier molecular flexibility index (Phi) is 7.57. The molecule has 0 saturated carbocycles. The largest absolute Gasteiger partial charge is 0.383 e. The molecule has 0 fully saturated rings. The molecule has 0 saturated heterocycles. The van der Waals surface area contributed by atoms with Gasteiger partial charge in [-0.25, -0.2) is 28.7 Å². The summed E-state index contributed by atoms with van der Waals surface area (Å²) in [5.41, 5.74) is 9.45. The lowest BCUT2D eigenvalue weighted by atomic mass is 9.98. The van der Waals surface area contributed by atoms with Crippen molar-refractivity contribution in [3.63, 3.8) is 0 Å². The summed E-state index contributed by atoms with van der Waals surface area (Å²) in [5.74, 6) is -0.926. The molecule has 11 heteroatoms. The molecular formula is C32H29F2N7OS. The van der Waals surface area contributed by atoms with Gasteiger partial charge in [0, 0.05) is 21.3 Å². The number of anilines is 2. The van der Waals surface area contributed by atoms with Crippen LogP contribution in [0, 0.1) is 11.6 Å². The van der Waals surface area contributed by atoms with Gasteiger partial charge in [-0.1, -0.05) is 26.0 Å². The SMILES string of the molecule is CCC(C)c1cnc(NCc2ccc(-c3ccc4ncnc(N)c4c3)s2)c2c(=O)n([C@@H](C)c3ccc(F)c(F)c3)cnc12. The second-order valence-electron chi connectivity index (χ2n) is 10.5. The predicted octanol–water partition coefficient (Wildman–Crippen LogP) is 7.06. The molecule has 4 aromatic heterocycles. The molecule has 6 aromatic rings. The maximum Gasteiger partial charge on any atom is 0.265 e. The van der Waals surface area contributed by atoms with Crippen LogP contribution >= 0.6 is 11.3 Å². The van der Waals surface area contributed by atoms with Crippen LogP contribution in [-0.4, -0.2) is 24.5 Å². The second kappa shape index (κ2) is 11.5. The van der Waals surface area contributed by atoms with E-state index in [9.17, 15) is 13.6 Å². The number of thiophene rings is 1. The van der Waals surface area contributed by atoms with E-state index in [1.807, 2.05) is 30.3 Å². The number of halogens is 2. The van der Waals surface area contributed by atoms with Crippen molar-refractivity contribution in [1.29, 1.82) is 0 Å². The number of nitrogen functional groups attached to an aromatic ring is 1. The maximum atomic E-state index is 14.0. The molecule has 218 valence electrons. The first-order valence-electron chi connectivity index (χ1n) is 13.9. The highest BCUT2D eigenvalue weighted by atomic mass is 32.1. The number of pyridine rings is 1. The first-order chi connectivity index (χ1) is 20.7. The summed E-state index contributed by atoms with van der Waals surface area (Å²) in [6, 6.07) is 13.0. The second-order valence-corrected chi connectivity index (χ2v) is 11.7. The number of nitrogens with two attached hydrogens (primary N) is 1. The quantitative estimate of drug-likeness (QED) is 0.193. The Morgan fingerprint density at radius 2 is 1.84 bits per heavy atom. The number of nitrogens with zero attached hydrogens (tertiary/aromatic N) is 5. The van der Waals surface area contributed by atoms with E-state index in [0.29, 0.717) is 34.6 Å². The average Bonchev–Trinajstić information content (AvgIpc) is 3.50. The lowest BCUT2D eigenvalue weighted by Crippen LogP contribution is -2.26. The number of nitrogens with one attached hydrogen (secondary N) is 1. The topological polar surface area (TPSA) is 112 Å². The fourth-order valence-corrected chi connectivity index (χ4v) is 6.06. The minimum atomic E-state index is -0.968.